The largest absolute Gasteiger partial charge is 0.534 e. The normalized spacial score (nSPS) is 13.0. The van der Waals surface area contributed by atoms with Crippen molar-refractivity contribution in [3.8, 4) is 0 Å². The molecule has 0 amide bonds. The van der Waals surface area contributed by atoms with Crippen LogP contribution in [0.1, 0.15) is 65.2 Å². The topological polar surface area (TPSA) is 69.7 Å². The molecule has 0 rings (SSSR count). The molecule has 0 unspecified atom stereocenters. The quantitative estimate of drug-likeness (QED) is 0.126. The van der Waals surface area contributed by atoms with Crippen LogP contribution in [0.5, 0.6) is 0 Å². The molecular formula is C15H25F3O5S. The van der Waals surface area contributed by atoms with Crippen molar-refractivity contribution in [1.29, 1.82) is 0 Å². The molecule has 0 aromatic heterocycles. The summed E-state index contributed by atoms with van der Waals surface area (Å²) in [7, 11) is -5.79. The number of carbonyl (C=O) groups excluding carboxylic acids is 1. The van der Waals surface area contributed by atoms with Gasteiger partial charge in [0, 0.05) is 6.42 Å². The maximum atomic E-state index is 12.4. The van der Waals surface area contributed by atoms with Crippen LogP contribution in [-0.4, -0.2) is 26.5 Å². The molecule has 142 valence electrons. The molecule has 0 aliphatic heterocycles. The fourth-order valence-corrected chi connectivity index (χ4v) is 2.41. The highest BCUT2D eigenvalue weighted by atomic mass is 32.2. The number of unbranched alkanes of at least 4 members (excludes halogenated alkanes) is 6. The van der Waals surface area contributed by atoms with Crippen molar-refractivity contribution >= 4 is 16.1 Å². The summed E-state index contributed by atoms with van der Waals surface area (Å²) in [4.78, 5) is 11.3. The molecule has 0 heterocycles. The maximum absolute atomic E-state index is 12.4. The average molecular weight is 374 g/mol. The first-order chi connectivity index (χ1) is 11.1. The number of allylic oxidation sites excluding steroid dienone is 1. The van der Waals surface area contributed by atoms with Gasteiger partial charge >= 0.3 is 21.6 Å². The van der Waals surface area contributed by atoms with E-state index in [0.717, 1.165) is 32.1 Å². The van der Waals surface area contributed by atoms with E-state index in [-0.39, 0.29) is 13.0 Å². The second-order valence-corrected chi connectivity index (χ2v) is 6.76. The molecular weight excluding hydrogens is 349 g/mol. The fraction of sp³-hybridized carbons (Fsp3) is 0.800. The van der Waals surface area contributed by atoms with Crippen LogP contribution in [-0.2, 0) is 23.8 Å². The molecule has 24 heavy (non-hydrogen) atoms. The summed E-state index contributed by atoms with van der Waals surface area (Å²) in [6.45, 7) is 3.63. The van der Waals surface area contributed by atoms with Gasteiger partial charge < -0.3 is 8.92 Å². The Morgan fingerprint density at radius 3 is 2.04 bits per heavy atom. The summed E-state index contributed by atoms with van der Waals surface area (Å²) >= 11 is 0. The van der Waals surface area contributed by atoms with Crippen LogP contribution in [0.2, 0.25) is 0 Å². The van der Waals surface area contributed by atoms with E-state index in [4.69, 9.17) is 0 Å². The number of ether oxygens (including phenoxy) is 1. The highest BCUT2D eigenvalue weighted by molar-refractivity contribution is 7.87. The van der Waals surface area contributed by atoms with Gasteiger partial charge in [-0.2, -0.15) is 21.6 Å². The first-order valence-electron chi connectivity index (χ1n) is 8.02. The molecule has 0 fully saturated rings. The molecule has 0 spiro atoms. The zero-order chi connectivity index (χ0) is 18.6. The van der Waals surface area contributed by atoms with Crippen molar-refractivity contribution in [3.63, 3.8) is 0 Å². The molecule has 0 atom stereocenters. The van der Waals surface area contributed by atoms with Gasteiger partial charge in [-0.15, -0.1) is 0 Å². The van der Waals surface area contributed by atoms with Gasteiger partial charge in [0.05, 0.1) is 12.7 Å². The average Bonchev–Trinajstić information content (AvgIpc) is 2.44. The Kier molecular flexibility index (Phi) is 10.7. The second-order valence-electron chi connectivity index (χ2n) is 5.22. The lowest BCUT2D eigenvalue weighted by Gasteiger charge is -2.12. The predicted molar refractivity (Wildman–Crippen MR) is 83.4 cm³/mol. The first-order valence-corrected chi connectivity index (χ1v) is 9.43. The zero-order valence-electron chi connectivity index (χ0n) is 14.0. The summed E-state index contributed by atoms with van der Waals surface area (Å²) in [5, 5.41) is 0. The summed E-state index contributed by atoms with van der Waals surface area (Å²) in [6, 6.07) is 0. The summed E-state index contributed by atoms with van der Waals surface area (Å²) in [5.41, 5.74) is -5.54. The van der Waals surface area contributed by atoms with Crippen molar-refractivity contribution in [2.24, 2.45) is 0 Å². The van der Waals surface area contributed by atoms with E-state index in [1.165, 1.54) is 6.92 Å². The van der Waals surface area contributed by atoms with Gasteiger partial charge in [-0.3, -0.25) is 0 Å². The molecule has 0 bridgehead atoms. The Bertz CT molecular complexity index is 498. The van der Waals surface area contributed by atoms with Gasteiger partial charge in [-0.25, -0.2) is 4.79 Å². The molecule has 0 saturated carbocycles. The molecule has 0 aliphatic rings. The van der Waals surface area contributed by atoms with Crippen LogP contribution in [0.4, 0.5) is 13.2 Å². The molecule has 5 nitrogen and oxygen atoms in total. The van der Waals surface area contributed by atoms with Gasteiger partial charge in [-0.05, 0) is 13.3 Å². The van der Waals surface area contributed by atoms with E-state index in [1.54, 1.807) is 0 Å². The SMILES string of the molecule is CCCCCCCCC/C(=C/C(=O)OCC)OS(=O)(=O)C(F)(F)F. The highest BCUT2D eigenvalue weighted by Crippen LogP contribution is 2.28. The van der Waals surface area contributed by atoms with E-state index >= 15 is 0 Å². The minimum absolute atomic E-state index is 0.0199. The summed E-state index contributed by atoms with van der Waals surface area (Å²) < 4.78 is 67.9. The van der Waals surface area contributed by atoms with Crippen LogP contribution >= 0.6 is 0 Å². The Labute approximate surface area is 141 Å². The van der Waals surface area contributed by atoms with Crippen LogP contribution in [0.25, 0.3) is 0 Å². The molecule has 0 N–H and O–H groups in total. The standard InChI is InChI=1S/C15H25F3O5S/c1-3-5-6-7-8-9-10-11-13(12-14(19)22-4-2)23-24(20,21)15(16,17)18/h12H,3-11H2,1-2H3/b13-12-. The van der Waals surface area contributed by atoms with Gasteiger partial charge in [0.25, 0.3) is 0 Å². The number of halogens is 3. The number of esters is 1. The smallest absolute Gasteiger partial charge is 0.463 e. The van der Waals surface area contributed by atoms with Crippen molar-refractivity contribution in [1.82, 2.24) is 0 Å². The monoisotopic (exact) mass is 374 g/mol. The second kappa shape index (κ2) is 11.3. The van der Waals surface area contributed by atoms with E-state index < -0.39 is 27.4 Å². The Morgan fingerprint density at radius 2 is 1.54 bits per heavy atom. The summed E-state index contributed by atoms with van der Waals surface area (Å²) in [5.74, 6) is -1.49. The molecule has 0 aromatic carbocycles. The maximum Gasteiger partial charge on any atom is 0.534 e. The van der Waals surface area contributed by atoms with Crippen LogP contribution in [0.3, 0.4) is 0 Å². The van der Waals surface area contributed by atoms with E-state index in [1.807, 2.05) is 0 Å². The van der Waals surface area contributed by atoms with Gasteiger partial charge in [-0.1, -0.05) is 45.4 Å². The minimum atomic E-state index is -5.79. The Balaban J connectivity index is 4.65. The van der Waals surface area contributed by atoms with Gasteiger partial charge in [0.2, 0.25) is 0 Å². The highest BCUT2D eigenvalue weighted by Gasteiger charge is 2.48. The number of alkyl halides is 3. The number of rotatable bonds is 12. The van der Waals surface area contributed by atoms with Crippen molar-refractivity contribution in [2.45, 2.75) is 70.7 Å². The third-order valence-electron chi connectivity index (χ3n) is 3.09. The lowest BCUT2D eigenvalue weighted by atomic mass is 10.1. The first kappa shape index (κ1) is 22.8. The number of carbonyl (C=O) groups is 1. The third-order valence-corrected chi connectivity index (χ3v) is 4.09. The molecule has 0 aromatic rings. The van der Waals surface area contributed by atoms with Crippen LogP contribution in [0, 0.1) is 0 Å². The van der Waals surface area contributed by atoms with Crippen molar-refractivity contribution in [2.75, 3.05) is 6.61 Å². The zero-order valence-corrected chi connectivity index (χ0v) is 14.8. The molecule has 0 aliphatic carbocycles. The molecule has 0 radical (unpaired) electrons. The minimum Gasteiger partial charge on any atom is -0.463 e. The lowest BCUT2D eigenvalue weighted by Crippen LogP contribution is -2.25. The van der Waals surface area contributed by atoms with E-state index in [0.29, 0.717) is 18.9 Å². The molecule has 9 heteroatoms. The lowest BCUT2D eigenvalue weighted by molar-refractivity contribution is -0.137. The van der Waals surface area contributed by atoms with Gasteiger partial charge in [0.1, 0.15) is 5.76 Å². The number of hydrogen-bond donors (Lipinski definition) is 0. The van der Waals surface area contributed by atoms with E-state index in [9.17, 15) is 26.4 Å². The fourth-order valence-electron chi connectivity index (χ4n) is 1.90. The third kappa shape index (κ3) is 9.79. The van der Waals surface area contributed by atoms with Crippen LogP contribution < -0.4 is 0 Å². The Hall–Kier alpha value is -1.25. The summed E-state index contributed by atoms with van der Waals surface area (Å²) in [6.07, 6.45) is 6.92. The predicted octanol–water partition coefficient (Wildman–Crippen LogP) is 4.44. The van der Waals surface area contributed by atoms with Gasteiger partial charge in [0.15, 0.2) is 0 Å². The van der Waals surface area contributed by atoms with Crippen LogP contribution in [0.15, 0.2) is 11.8 Å². The number of hydrogen-bond acceptors (Lipinski definition) is 5. The van der Waals surface area contributed by atoms with E-state index in [2.05, 4.69) is 15.8 Å². The molecule has 0 saturated heterocycles. The van der Waals surface area contributed by atoms with Crippen molar-refractivity contribution in [3.05, 3.63) is 11.8 Å². The van der Waals surface area contributed by atoms with Crippen molar-refractivity contribution < 1.29 is 35.3 Å². The Morgan fingerprint density at radius 1 is 1.00 bits per heavy atom.